The summed E-state index contributed by atoms with van der Waals surface area (Å²) in [7, 11) is 0. The molecule has 142 valence electrons. The van der Waals surface area contributed by atoms with Gasteiger partial charge in [0.25, 0.3) is 0 Å². The van der Waals surface area contributed by atoms with Gasteiger partial charge >= 0.3 is 0 Å². The van der Waals surface area contributed by atoms with Gasteiger partial charge in [-0.2, -0.15) is 0 Å². The van der Waals surface area contributed by atoms with E-state index in [2.05, 4.69) is 41.4 Å². The molecule has 1 N–H and O–H groups in total. The highest BCUT2D eigenvalue weighted by Gasteiger charge is 2.25. The second-order valence-electron chi connectivity index (χ2n) is 7.44. The molecule has 0 unspecified atom stereocenters. The Bertz CT molecular complexity index is 813. The third kappa shape index (κ3) is 4.42. The zero-order valence-electron chi connectivity index (χ0n) is 15.7. The Morgan fingerprint density at radius 2 is 1.89 bits per heavy atom. The number of aryl methyl sites for hydroxylation is 1. The van der Waals surface area contributed by atoms with Crippen LogP contribution in [0.1, 0.15) is 29.5 Å². The van der Waals surface area contributed by atoms with Crippen molar-refractivity contribution in [3.63, 3.8) is 0 Å². The first-order chi connectivity index (χ1) is 13.2. The molecule has 2 aliphatic rings. The van der Waals surface area contributed by atoms with Gasteiger partial charge in [-0.3, -0.25) is 9.69 Å². The quantitative estimate of drug-likeness (QED) is 0.883. The van der Waals surface area contributed by atoms with Crippen molar-refractivity contribution in [2.75, 3.05) is 19.9 Å². The van der Waals surface area contributed by atoms with E-state index in [1.165, 1.54) is 11.1 Å². The molecule has 1 amide bonds. The average Bonchev–Trinajstić information content (AvgIpc) is 3.14. The second kappa shape index (κ2) is 8.01. The number of rotatable bonds is 5. The monoisotopic (exact) mass is 366 g/mol. The van der Waals surface area contributed by atoms with Crippen molar-refractivity contribution < 1.29 is 14.3 Å². The van der Waals surface area contributed by atoms with Crippen LogP contribution in [-0.2, 0) is 17.9 Å². The summed E-state index contributed by atoms with van der Waals surface area (Å²) < 4.78 is 10.7. The number of benzene rings is 2. The fourth-order valence-corrected chi connectivity index (χ4v) is 3.81. The maximum atomic E-state index is 12.5. The van der Waals surface area contributed by atoms with E-state index in [1.807, 2.05) is 18.2 Å². The van der Waals surface area contributed by atoms with E-state index in [0.717, 1.165) is 49.5 Å². The van der Waals surface area contributed by atoms with Crippen LogP contribution in [0.2, 0.25) is 0 Å². The van der Waals surface area contributed by atoms with Crippen molar-refractivity contribution in [1.82, 2.24) is 10.2 Å². The first-order valence-corrected chi connectivity index (χ1v) is 9.61. The first-order valence-electron chi connectivity index (χ1n) is 9.61. The molecule has 0 saturated carbocycles. The van der Waals surface area contributed by atoms with E-state index >= 15 is 0 Å². The summed E-state index contributed by atoms with van der Waals surface area (Å²) >= 11 is 0. The normalized spacial score (nSPS) is 17.1. The van der Waals surface area contributed by atoms with E-state index in [1.54, 1.807) is 0 Å². The molecular formula is C22H26N2O3. The lowest BCUT2D eigenvalue weighted by Gasteiger charge is -2.31. The lowest BCUT2D eigenvalue weighted by atomic mass is 9.95. The molecule has 0 aliphatic carbocycles. The van der Waals surface area contributed by atoms with Crippen molar-refractivity contribution in [2.24, 2.45) is 5.92 Å². The smallest absolute Gasteiger partial charge is 0.231 e. The zero-order valence-corrected chi connectivity index (χ0v) is 15.7. The fourth-order valence-electron chi connectivity index (χ4n) is 3.81. The van der Waals surface area contributed by atoms with E-state index < -0.39 is 0 Å². The van der Waals surface area contributed by atoms with Crippen LogP contribution in [0, 0.1) is 12.8 Å². The Hall–Kier alpha value is -2.53. The standard InChI is InChI=1S/C22H26N2O3/c1-16-3-2-4-18(11-16)14-24-9-7-19(8-10-24)22(25)23-13-17-5-6-20-21(12-17)27-15-26-20/h2-6,11-12,19H,7-10,13-15H2,1H3,(H,23,25). The number of carbonyl (C=O) groups excluding carboxylic acids is 1. The van der Waals surface area contributed by atoms with Crippen molar-refractivity contribution in [3.8, 4) is 11.5 Å². The number of piperidine rings is 1. The highest BCUT2D eigenvalue weighted by atomic mass is 16.7. The summed E-state index contributed by atoms with van der Waals surface area (Å²) in [6, 6.07) is 14.5. The van der Waals surface area contributed by atoms with Gasteiger partial charge in [0.15, 0.2) is 11.5 Å². The fraction of sp³-hybridized carbons (Fsp3) is 0.409. The van der Waals surface area contributed by atoms with E-state index in [0.29, 0.717) is 6.54 Å². The minimum absolute atomic E-state index is 0.104. The topological polar surface area (TPSA) is 50.8 Å². The van der Waals surface area contributed by atoms with Gasteiger partial charge in [0.05, 0.1) is 0 Å². The van der Waals surface area contributed by atoms with Crippen LogP contribution in [0.25, 0.3) is 0 Å². The van der Waals surface area contributed by atoms with Crippen molar-refractivity contribution in [1.29, 1.82) is 0 Å². The van der Waals surface area contributed by atoms with Crippen LogP contribution < -0.4 is 14.8 Å². The predicted molar refractivity (Wildman–Crippen MR) is 104 cm³/mol. The molecule has 2 aliphatic heterocycles. The molecule has 5 nitrogen and oxygen atoms in total. The first kappa shape index (κ1) is 17.9. The Kier molecular flexibility index (Phi) is 5.30. The minimum Gasteiger partial charge on any atom is -0.454 e. The molecule has 2 aromatic rings. The number of amides is 1. The van der Waals surface area contributed by atoms with Crippen molar-refractivity contribution >= 4 is 5.91 Å². The van der Waals surface area contributed by atoms with Gasteiger partial charge in [-0.15, -0.1) is 0 Å². The Morgan fingerprint density at radius 3 is 2.70 bits per heavy atom. The lowest BCUT2D eigenvalue weighted by molar-refractivity contribution is -0.126. The summed E-state index contributed by atoms with van der Waals surface area (Å²) in [6.07, 6.45) is 1.83. The van der Waals surface area contributed by atoms with Crippen molar-refractivity contribution in [2.45, 2.75) is 32.9 Å². The summed E-state index contributed by atoms with van der Waals surface area (Å²) in [6.45, 7) is 5.82. The molecule has 0 atom stereocenters. The molecule has 2 aromatic carbocycles. The number of hydrogen-bond donors (Lipinski definition) is 1. The number of nitrogens with one attached hydrogen (secondary N) is 1. The number of hydrogen-bond acceptors (Lipinski definition) is 4. The van der Waals surface area contributed by atoms with Gasteiger partial charge in [-0.05, 0) is 56.1 Å². The van der Waals surface area contributed by atoms with Crippen LogP contribution in [0.5, 0.6) is 11.5 Å². The average molecular weight is 366 g/mol. The van der Waals surface area contributed by atoms with Crippen LogP contribution >= 0.6 is 0 Å². The molecule has 2 heterocycles. The summed E-state index contributed by atoms with van der Waals surface area (Å²) in [5.41, 5.74) is 3.68. The number of nitrogens with zero attached hydrogens (tertiary/aromatic N) is 1. The molecule has 0 bridgehead atoms. The van der Waals surface area contributed by atoms with E-state index in [-0.39, 0.29) is 18.6 Å². The maximum absolute atomic E-state index is 12.5. The number of fused-ring (bicyclic) bond motifs is 1. The van der Waals surface area contributed by atoms with Crippen LogP contribution in [0.3, 0.4) is 0 Å². The minimum atomic E-state index is 0.104. The van der Waals surface area contributed by atoms with Gasteiger partial charge in [0.1, 0.15) is 0 Å². The van der Waals surface area contributed by atoms with Gasteiger partial charge < -0.3 is 14.8 Å². The number of carbonyl (C=O) groups is 1. The molecule has 1 fully saturated rings. The van der Waals surface area contributed by atoms with E-state index in [4.69, 9.17) is 9.47 Å². The molecule has 0 radical (unpaired) electrons. The SMILES string of the molecule is Cc1cccc(CN2CCC(C(=O)NCc3ccc4c(c3)OCO4)CC2)c1. The third-order valence-corrected chi connectivity index (χ3v) is 5.35. The summed E-state index contributed by atoms with van der Waals surface area (Å²) in [5.74, 6) is 1.79. The third-order valence-electron chi connectivity index (χ3n) is 5.35. The maximum Gasteiger partial charge on any atom is 0.231 e. The summed E-state index contributed by atoms with van der Waals surface area (Å²) in [4.78, 5) is 15.0. The molecular weight excluding hydrogens is 340 g/mol. The Balaban J connectivity index is 1.24. The van der Waals surface area contributed by atoms with Crippen LogP contribution in [0.15, 0.2) is 42.5 Å². The molecule has 4 rings (SSSR count). The number of ether oxygens (including phenoxy) is 2. The molecule has 5 heteroatoms. The molecule has 0 aromatic heterocycles. The second-order valence-corrected chi connectivity index (χ2v) is 7.44. The molecule has 27 heavy (non-hydrogen) atoms. The highest BCUT2D eigenvalue weighted by Crippen LogP contribution is 2.32. The van der Waals surface area contributed by atoms with Gasteiger partial charge in [-0.1, -0.05) is 35.9 Å². The largest absolute Gasteiger partial charge is 0.454 e. The van der Waals surface area contributed by atoms with Crippen LogP contribution in [0.4, 0.5) is 0 Å². The molecule has 0 spiro atoms. The Labute approximate surface area is 160 Å². The predicted octanol–water partition coefficient (Wildman–Crippen LogP) is 3.25. The molecule has 1 saturated heterocycles. The number of likely N-dealkylation sites (tertiary alicyclic amines) is 1. The highest BCUT2D eigenvalue weighted by molar-refractivity contribution is 5.78. The summed E-state index contributed by atoms with van der Waals surface area (Å²) in [5, 5.41) is 3.08. The van der Waals surface area contributed by atoms with Crippen LogP contribution in [-0.4, -0.2) is 30.7 Å². The van der Waals surface area contributed by atoms with Crippen molar-refractivity contribution in [3.05, 3.63) is 59.2 Å². The zero-order chi connectivity index (χ0) is 18.6. The van der Waals surface area contributed by atoms with Gasteiger partial charge in [-0.25, -0.2) is 0 Å². The van der Waals surface area contributed by atoms with Gasteiger partial charge in [0.2, 0.25) is 12.7 Å². The Morgan fingerprint density at radius 1 is 1.07 bits per heavy atom. The lowest BCUT2D eigenvalue weighted by Crippen LogP contribution is -2.40. The van der Waals surface area contributed by atoms with Gasteiger partial charge in [0, 0.05) is 19.0 Å². The van der Waals surface area contributed by atoms with E-state index in [9.17, 15) is 4.79 Å².